The summed E-state index contributed by atoms with van der Waals surface area (Å²) in [5.74, 6) is -0.725. The van der Waals surface area contributed by atoms with Gasteiger partial charge < -0.3 is 4.90 Å². The summed E-state index contributed by atoms with van der Waals surface area (Å²) in [6, 6.07) is 6.68. The Hall–Kier alpha value is -2.70. The predicted octanol–water partition coefficient (Wildman–Crippen LogP) is 0.729. The fourth-order valence-corrected chi connectivity index (χ4v) is 1.92. The lowest BCUT2D eigenvalue weighted by Crippen LogP contribution is -2.38. The minimum absolute atomic E-state index is 0.208. The van der Waals surface area contributed by atoms with Crippen molar-refractivity contribution in [3.05, 3.63) is 63.2 Å². The summed E-state index contributed by atoms with van der Waals surface area (Å²) in [5.41, 5.74) is -0.623. The molecule has 110 valence electrons. The fourth-order valence-electron chi connectivity index (χ4n) is 1.92. The summed E-state index contributed by atoms with van der Waals surface area (Å²) in [4.78, 5) is 38.3. The van der Waals surface area contributed by atoms with Crippen LogP contribution in [0.3, 0.4) is 0 Å². The molecular weight excluding hydrogens is 277 g/mol. The number of hydrogen-bond donors (Lipinski definition) is 1. The molecule has 1 amide bonds. The van der Waals surface area contributed by atoms with E-state index in [4.69, 9.17) is 0 Å². The van der Waals surface area contributed by atoms with Crippen LogP contribution in [0.25, 0.3) is 0 Å². The van der Waals surface area contributed by atoms with Crippen molar-refractivity contribution in [2.45, 2.75) is 13.5 Å². The highest BCUT2D eigenvalue weighted by atomic mass is 19.1. The first-order valence-corrected chi connectivity index (χ1v) is 6.37. The van der Waals surface area contributed by atoms with Crippen LogP contribution in [-0.4, -0.2) is 22.0 Å². The average molecular weight is 291 g/mol. The van der Waals surface area contributed by atoms with Gasteiger partial charge in [0.15, 0.2) is 0 Å². The Morgan fingerprint density at radius 2 is 1.90 bits per heavy atom. The second-order valence-electron chi connectivity index (χ2n) is 4.35. The van der Waals surface area contributed by atoms with Crippen molar-refractivity contribution in [1.82, 2.24) is 9.55 Å². The van der Waals surface area contributed by atoms with Gasteiger partial charge in [0, 0.05) is 24.5 Å². The first-order chi connectivity index (χ1) is 10.0. The van der Waals surface area contributed by atoms with Crippen molar-refractivity contribution in [3.63, 3.8) is 0 Å². The first kappa shape index (κ1) is 14.7. The summed E-state index contributed by atoms with van der Waals surface area (Å²) in [6.45, 7) is 1.94. The van der Waals surface area contributed by atoms with Crippen LogP contribution in [0, 0.1) is 5.82 Å². The van der Waals surface area contributed by atoms with Gasteiger partial charge in [-0.2, -0.15) is 0 Å². The summed E-state index contributed by atoms with van der Waals surface area (Å²) in [6.07, 6.45) is 1.26. The lowest BCUT2D eigenvalue weighted by atomic mass is 10.2. The van der Waals surface area contributed by atoms with Crippen molar-refractivity contribution in [3.8, 4) is 0 Å². The molecule has 0 unspecified atom stereocenters. The number of aromatic amines is 1. The van der Waals surface area contributed by atoms with Gasteiger partial charge in [-0.1, -0.05) is 0 Å². The predicted molar refractivity (Wildman–Crippen MR) is 75.7 cm³/mol. The second-order valence-corrected chi connectivity index (χ2v) is 4.35. The third-order valence-electron chi connectivity index (χ3n) is 2.96. The summed E-state index contributed by atoms with van der Waals surface area (Å²) < 4.78 is 14.0. The molecule has 21 heavy (non-hydrogen) atoms. The number of rotatable bonds is 4. The Bertz CT molecular complexity index is 749. The van der Waals surface area contributed by atoms with Crippen molar-refractivity contribution < 1.29 is 9.18 Å². The molecule has 0 fully saturated rings. The Balaban J connectivity index is 2.22. The Kier molecular flexibility index (Phi) is 4.32. The van der Waals surface area contributed by atoms with E-state index in [1.807, 2.05) is 0 Å². The smallest absolute Gasteiger partial charge is 0.311 e. The molecule has 0 atom stereocenters. The summed E-state index contributed by atoms with van der Waals surface area (Å²) >= 11 is 0. The van der Waals surface area contributed by atoms with E-state index < -0.39 is 11.2 Å². The van der Waals surface area contributed by atoms with E-state index in [0.29, 0.717) is 12.2 Å². The van der Waals surface area contributed by atoms with Crippen LogP contribution < -0.4 is 16.1 Å². The molecule has 6 nitrogen and oxygen atoms in total. The number of likely N-dealkylation sites (N-methyl/N-ethyl adjacent to an activating group) is 1. The zero-order chi connectivity index (χ0) is 15.4. The zero-order valence-electron chi connectivity index (χ0n) is 11.4. The number of nitrogens with one attached hydrogen (secondary N) is 1. The molecule has 1 aromatic heterocycles. The van der Waals surface area contributed by atoms with Crippen LogP contribution in [0.2, 0.25) is 0 Å². The number of halogens is 1. The maximum absolute atomic E-state index is 12.9. The topological polar surface area (TPSA) is 75.2 Å². The van der Waals surface area contributed by atoms with Crippen molar-refractivity contribution >= 4 is 11.6 Å². The number of anilines is 1. The Morgan fingerprint density at radius 1 is 1.24 bits per heavy atom. The van der Waals surface area contributed by atoms with Gasteiger partial charge in [0.25, 0.3) is 5.56 Å². The molecule has 7 heteroatoms. The van der Waals surface area contributed by atoms with E-state index in [9.17, 15) is 18.8 Å². The lowest BCUT2D eigenvalue weighted by Gasteiger charge is -2.21. The maximum atomic E-state index is 12.9. The van der Waals surface area contributed by atoms with E-state index in [1.54, 1.807) is 6.92 Å². The summed E-state index contributed by atoms with van der Waals surface area (Å²) in [7, 11) is 0. The molecule has 1 N–H and O–H groups in total. The van der Waals surface area contributed by atoms with Crippen molar-refractivity contribution in [1.29, 1.82) is 0 Å². The average Bonchev–Trinajstić information content (AvgIpc) is 2.45. The van der Waals surface area contributed by atoms with Crippen LogP contribution in [0.5, 0.6) is 0 Å². The van der Waals surface area contributed by atoms with Gasteiger partial charge in [0.2, 0.25) is 5.91 Å². The minimum atomic E-state index is -0.647. The molecule has 2 aromatic rings. The van der Waals surface area contributed by atoms with E-state index in [0.717, 1.165) is 4.57 Å². The van der Waals surface area contributed by atoms with E-state index in [2.05, 4.69) is 4.98 Å². The number of aromatic nitrogens is 2. The van der Waals surface area contributed by atoms with Gasteiger partial charge in [-0.05, 0) is 31.2 Å². The van der Waals surface area contributed by atoms with Gasteiger partial charge in [-0.15, -0.1) is 0 Å². The largest absolute Gasteiger partial charge is 0.328 e. The zero-order valence-corrected chi connectivity index (χ0v) is 11.4. The molecule has 1 heterocycles. The lowest BCUT2D eigenvalue weighted by molar-refractivity contribution is -0.119. The number of amides is 1. The van der Waals surface area contributed by atoms with Gasteiger partial charge in [-0.25, -0.2) is 9.18 Å². The van der Waals surface area contributed by atoms with Crippen molar-refractivity contribution in [2.75, 3.05) is 11.4 Å². The standard InChI is InChI=1S/C14H14FN3O3/c1-2-18(11-5-3-10(15)4-6-11)13(20)9-17-8-7-12(19)16-14(17)21/h3-8H,2,9H2,1H3,(H,16,19,21). The number of hydrogen-bond acceptors (Lipinski definition) is 3. The summed E-state index contributed by atoms with van der Waals surface area (Å²) in [5, 5.41) is 0. The normalized spacial score (nSPS) is 10.4. The van der Waals surface area contributed by atoms with Crippen LogP contribution in [0.15, 0.2) is 46.1 Å². The number of carbonyl (C=O) groups excluding carboxylic acids is 1. The number of nitrogens with zero attached hydrogens (tertiary/aromatic N) is 2. The molecule has 0 spiro atoms. The Morgan fingerprint density at radius 3 is 2.48 bits per heavy atom. The number of benzene rings is 1. The third-order valence-corrected chi connectivity index (χ3v) is 2.96. The molecule has 0 radical (unpaired) electrons. The molecule has 0 saturated carbocycles. The molecule has 0 aliphatic rings. The van der Waals surface area contributed by atoms with Crippen LogP contribution in [-0.2, 0) is 11.3 Å². The van der Waals surface area contributed by atoms with Gasteiger partial charge in [0.1, 0.15) is 12.4 Å². The molecule has 0 aliphatic heterocycles. The molecular formula is C14H14FN3O3. The van der Waals surface area contributed by atoms with Crippen LogP contribution in [0.4, 0.5) is 10.1 Å². The van der Waals surface area contributed by atoms with Gasteiger partial charge in [-0.3, -0.25) is 19.1 Å². The molecule has 0 aliphatic carbocycles. The van der Waals surface area contributed by atoms with Crippen LogP contribution in [0.1, 0.15) is 6.92 Å². The van der Waals surface area contributed by atoms with E-state index >= 15 is 0 Å². The van der Waals surface area contributed by atoms with Gasteiger partial charge >= 0.3 is 5.69 Å². The Labute approximate surface area is 119 Å². The second kappa shape index (κ2) is 6.17. The third kappa shape index (κ3) is 3.44. The van der Waals surface area contributed by atoms with E-state index in [-0.39, 0.29) is 18.3 Å². The quantitative estimate of drug-likeness (QED) is 0.902. The maximum Gasteiger partial charge on any atom is 0.328 e. The molecule has 1 aromatic carbocycles. The fraction of sp³-hybridized carbons (Fsp3) is 0.214. The number of carbonyl (C=O) groups is 1. The first-order valence-electron chi connectivity index (χ1n) is 6.37. The highest BCUT2D eigenvalue weighted by Crippen LogP contribution is 2.15. The SMILES string of the molecule is CCN(C(=O)Cn1ccc(=O)[nH]c1=O)c1ccc(F)cc1. The molecule has 0 bridgehead atoms. The van der Waals surface area contributed by atoms with Crippen LogP contribution >= 0.6 is 0 Å². The van der Waals surface area contributed by atoms with Crippen molar-refractivity contribution in [2.24, 2.45) is 0 Å². The van der Waals surface area contributed by atoms with Gasteiger partial charge in [0.05, 0.1) is 0 Å². The molecule has 2 rings (SSSR count). The minimum Gasteiger partial charge on any atom is -0.311 e. The van der Waals surface area contributed by atoms with E-state index in [1.165, 1.54) is 41.4 Å². The monoisotopic (exact) mass is 291 g/mol. The molecule has 0 saturated heterocycles. The highest BCUT2D eigenvalue weighted by Gasteiger charge is 2.15. The highest BCUT2D eigenvalue weighted by molar-refractivity contribution is 5.93. The number of H-pyrrole nitrogens is 1.